The molecule has 0 saturated carbocycles. The summed E-state index contributed by atoms with van der Waals surface area (Å²) in [6.07, 6.45) is -3.95. The average molecular weight is 472 g/mol. The normalized spacial score (nSPS) is 24.2. The lowest BCUT2D eigenvalue weighted by molar-refractivity contribution is -0.161. The van der Waals surface area contributed by atoms with Gasteiger partial charge in [0, 0.05) is 5.70 Å². The van der Waals surface area contributed by atoms with Gasteiger partial charge in [0.1, 0.15) is 23.5 Å². The number of fused-ring (bicyclic) bond motifs is 2. The standard InChI is InChI=1S/C24H23F3N4O3/c1-13-17(22(32)29-16-11-5-9-15-10-6-12-34-19(15)16)23(33)31-21(28-13)18(14-7-3-2-4-8-14)20(30-31)24(25,26)27/h2-5,7-9,11,18,20-21,28,30H,6,10,12H2,1H3,(H,29,32). The van der Waals surface area contributed by atoms with Crippen LogP contribution in [0.4, 0.5) is 18.9 Å². The predicted octanol–water partition coefficient (Wildman–Crippen LogP) is 3.21. The monoisotopic (exact) mass is 472 g/mol. The predicted molar refractivity (Wildman–Crippen MR) is 118 cm³/mol. The van der Waals surface area contributed by atoms with Crippen molar-refractivity contribution >= 4 is 17.5 Å². The minimum Gasteiger partial charge on any atom is -0.491 e. The summed E-state index contributed by atoms with van der Waals surface area (Å²) >= 11 is 0. The van der Waals surface area contributed by atoms with E-state index in [1.807, 2.05) is 6.07 Å². The summed E-state index contributed by atoms with van der Waals surface area (Å²) < 4.78 is 47.5. The molecule has 7 nitrogen and oxygen atoms in total. The zero-order valence-corrected chi connectivity index (χ0v) is 18.3. The minimum atomic E-state index is -4.61. The summed E-state index contributed by atoms with van der Waals surface area (Å²) in [6.45, 7) is 2.03. The molecule has 0 radical (unpaired) electrons. The molecule has 3 unspecified atom stereocenters. The molecule has 0 aliphatic carbocycles. The van der Waals surface area contributed by atoms with E-state index in [2.05, 4.69) is 16.1 Å². The van der Waals surface area contributed by atoms with E-state index in [-0.39, 0.29) is 11.3 Å². The third-order valence-corrected chi connectivity index (χ3v) is 6.37. The van der Waals surface area contributed by atoms with Crippen LogP contribution in [0.2, 0.25) is 0 Å². The Morgan fingerprint density at radius 3 is 2.65 bits per heavy atom. The maximum Gasteiger partial charge on any atom is 0.406 e. The fourth-order valence-corrected chi connectivity index (χ4v) is 4.83. The molecule has 34 heavy (non-hydrogen) atoms. The molecule has 2 amide bonds. The number of benzene rings is 2. The van der Waals surface area contributed by atoms with Gasteiger partial charge in [0.2, 0.25) is 0 Å². The van der Waals surface area contributed by atoms with Gasteiger partial charge in [-0.3, -0.25) is 9.59 Å². The SMILES string of the molecule is CC1=C(C(=O)Nc2cccc3c2OCCC3)C(=O)N2NC(C(F)(F)F)C(c3ccccc3)C2N1. The molecular weight excluding hydrogens is 449 g/mol. The number of nitrogens with zero attached hydrogens (tertiary/aromatic N) is 1. The van der Waals surface area contributed by atoms with E-state index in [0.717, 1.165) is 23.4 Å². The molecule has 3 aliphatic heterocycles. The van der Waals surface area contributed by atoms with Crippen molar-refractivity contribution in [1.82, 2.24) is 15.8 Å². The Hall–Kier alpha value is -3.53. The zero-order chi connectivity index (χ0) is 24.0. The molecule has 0 spiro atoms. The van der Waals surface area contributed by atoms with Crippen molar-refractivity contribution in [2.75, 3.05) is 11.9 Å². The van der Waals surface area contributed by atoms with Crippen molar-refractivity contribution in [1.29, 1.82) is 0 Å². The summed E-state index contributed by atoms with van der Waals surface area (Å²) in [5.74, 6) is -2.09. The van der Waals surface area contributed by atoms with Gasteiger partial charge in [-0.15, -0.1) is 0 Å². The van der Waals surface area contributed by atoms with Crippen molar-refractivity contribution in [3.63, 3.8) is 0 Å². The maximum absolute atomic E-state index is 13.9. The Kier molecular flexibility index (Phi) is 5.47. The lowest BCUT2D eigenvalue weighted by Crippen LogP contribution is -2.56. The fourth-order valence-electron chi connectivity index (χ4n) is 4.83. The fraction of sp³-hybridized carbons (Fsp3) is 0.333. The van der Waals surface area contributed by atoms with Gasteiger partial charge < -0.3 is 15.4 Å². The van der Waals surface area contributed by atoms with E-state index in [1.165, 1.54) is 6.92 Å². The largest absolute Gasteiger partial charge is 0.491 e. The molecule has 3 aliphatic rings. The van der Waals surface area contributed by atoms with Crippen LogP contribution in [-0.2, 0) is 16.0 Å². The van der Waals surface area contributed by atoms with Crippen LogP contribution in [0.1, 0.15) is 30.4 Å². The van der Waals surface area contributed by atoms with Gasteiger partial charge in [-0.05, 0) is 37.0 Å². The third-order valence-electron chi connectivity index (χ3n) is 6.37. The number of carbonyl (C=O) groups is 2. The molecule has 3 heterocycles. The second kappa shape index (κ2) is 8.35. The number of hydrogen-bond acceptors (Lipinski definition) is 5. The van der Waals surface area contributed by atoms with E-state index >= 15 is 0 Å². The Morgan fingerprint density at radius 2 is 1.91 bits per heavy atom. The molecule has 1 fully saturated rings. The number of anilines is 1. The molecule has 1 saturated heterocycles. The summed E-state index contributed by atoms with van der Waals surface area (Å²) in [5.41, 5.74) is 4.05. The van der Waals surface area contributed by atoms with Crippen molar-refractivity contribution in [3.8, 4) is 5.75 Å². The van der Waals surface area contributed by atoms with Crippen LogP contribution in [0.25, 0.3) is 0 Å². The summed E-state index contributed by atoms with van der Waals surface area (Å²) in [7, 11) is 0. The first-order valence-electron chi connectivity index (χ1n) is 11.0. The second-order valence-electron chi connectivity index (χ2n) is 8.55. The highest BCUT2D eigenvalue weighted by Crippen LogP contribution is 2.41. The van der Waals surface area contributed by atoms with Crippen LogP contribution in [0, 0.1) is 0 Å². The van der Waals surface area contributed by atoms with Gasteiger partial charge in [-0.25, -0.2) is 10.4 Å². The van der Waals surface area contributed by atoms with Gasteiger partial charge in [-0.1, -0.05) is 42.5 Å². The van der Waals surface area contributed by atoms with Crippen LogP contribution < -0.4 is 20.8 Å². The number of hydrazine groups is 1. The highest BCUT2D eigenvalue weighted by atomic mass is 19.4. The Bertz CT molecular complexity index is 1170. The molecule has 0 aromatic heterocycles. The molecule has 5 rings (SSSR count). The summed E-state index contributed by atoms with van der Waals surface area (Å²) in [6, 6.07) is 11.6. The van der Waals surface area contributed by atoms with E-state index in [9.17, 15) is 22.8 Å². The number of nitrogens with one attached hydrogen (secondary N) is 3. The number of halogens is 3. The minimum absolute atomic E-state index is 0.208. The van der Waals surface area contributed by atoms with E-state index in [4.69, 9.17) is 4.74 Å². The Morgan fingerprint density at radius 1 is 1.15 bits per heavy atom. The molecule has 10 heteroatoms. The zero-order valence-electron chi connectivity index (χ0n) is 18.3. The van der Waals surface area contributed by atoms with Gasteiger partial charge in [0.25, 0.3) is 11.8 Å². The maximum atomic E-state index is 13.9. The quantitative estimate of drug-likeness (QED) is 0.598. The molecular formula is C24H23F3N4O3. The number of alkyl halides is 3. The van der Waals surface area contributed by atoms with Crippen LogP contribution >= 0.6 is 0 Å². The second-order valence-corrected chi connectivity index (χ2v) is 8.55. The van der Waals surface area contributed by atoms with Gasteiger partial charge in [0.05, 0.1) is 18.2 Å². The molecule has 178 valence electrons. The molecule has 2 aromatic carbocycles. The number of allylic oxidation sites excluding steroid dienone is 1. The smallest absolute Gasteiger partial charge is 0.406 e. The molecule has 3 N–H and O–H groups in total. The summed E-state index contributed by atoms with van der Waals surface area (Å²) in [5, 5.41) is 6.56. The van der Waals surface area contributed by atoms with Gasteiger partial charge >= 0.3 is 6.18 Å². The summed E-state index contributed by atoms with van der Waals surface area (Å²) in [4.78, 5) is 26.4. The number of amides is 2. The van der Waals surface area contributed by atoms with Crippen molar-refractivity contribution in [3.05, 3.63) is 70.9 Å². The first-order valence-corrected chi connectivity index (χ1v) is 11.0. The average Bonchev–Trinajstić information content (AvgIpc) is 3.20. The van der Waals surface area contributed by atoms with Gasteiger partial charge in [-0.2, -0.15) is 13.2 Å². The lowest BCUT2D eigenvalue weighted by Gasteiger charge is -2.34. The van der Waals surface area contributed by atoms with E-state index in [0.29, 0.717) is 23.6 Å². The number of ether oxygens (including phenoxy) is 1. The van der Waals surface area contributed by atoms with E-state index < -0.39 is 36.1 Å². The third kappa shape index (κ3) is 3.77. The molecule has 2 aromatic rings. The van der Waals surface area contributed by atoms with E-state index in [1.54, 1.807) is 42.5 Å². The highest BCUT2D eigenvalue weighted by molar-refractivity contribution is 6.23. The molecule has 0 bridgehead atoms. The lowest BCUT2D eigenvalue weighted by atomic mass is 9.89. The van der Waals surface area contributed by atoms with Crippen LogP contribution in [0.5, 0.6) is 5.75 Å². The first-order chi connectivity index (χ1) is 16.3. The highest BCUT2D eigenvalue weighted by Gasteiger charge is 2.58. The Labute approximate surface area is 193 Å². The number of rotatable bonds is 3. The van der Waals surface area contributed by atoms with Crippen molar-refractivity contribution in [2.45, 2.75) is 44.1 Å². The topological polar surface area (TPSA) is 82.7 Å². The van der Waals surface area contributed by atoms with Crippen LogP contribution in [0.15, 0.2) is 59.8 Å². The Balaban J connectivity index is 1.45. The van der Waals surface area contributed by atoms with Crippen LogP contribution in [-0.4, -0.2) is 41.8 Å². The number of aryl methyl sites for hydroxylation is 1. The molecule has 3 atom stereocenters. The van der Waals surface area contributed by atoms with Crippen LogP contribution in [0.3, 0.4) is 0 Å². The van der Waals surface area contributed by atoms with Gasteiger partial charge in [0.15, 0.2) is 0 Å². The van der Waals surface area contributed by atoms with Crippen molar-refractivity contribution < 1.29 is 27.5 Å². The van der Waals surface area contributed by atoms with Crippen molar-refractivity contribution in [2.24, 2.45) is 0 Å². The first kappa shape index (κ1) is 22.3. The number of hydrogen-bond donors (Lipinski definition) is 3. The number of para-hydroxylation sites is 1. The number of carbonyl (C=O) groups excluding carboxylic acids is 2.